The molecule has 25 heavy (non-hydrogen) atoms. The van der Waals surface area contributed by atoms with Gasteiger partial charge in [0.15, 0.2) is 6.73 Å². The van der Waals surface area contributed by atoms with Gasteiger partial charge in [-0.3, -0.25) is 4.98 Å². The lowest BCUT2D eigenvalue weighted by atomic mass is 10.1. The Kier molecular flexibility index (Phi) is 4.84. The molecule has 1 heterocycles. The molecular weight excluding hydrogens is 314 g/mol. The summed E-state index contributed by atoms with van der Waals surface area (Å²) in [6, 6.07) is 13.2. The van der Waals surface area contributed by atoms with Gasteiger partial charge in [-0.1, -0.05) is 30.3 Å². The Morgan fingerprint density at radius 1 is 1.04 bits per heavy atom. The molecule has 2 aromatic carbocycles. The predicted octanol–water partition coefficient (Wildman–Crippen LogP) is 4.32. The first-order chi connectivity index (χ1) is 12.1. The quantitative estimate of drug-likeness (QED) is 0.698. The molecule has 0 aliphatic carbocycles. The summed E-state index contributed by atoms with van der Waals surface area (Å²) in [5, 5.41) is 6.51. The normalized spacial score (nSPS) is 10.5. The van der Waals surface area contributed by atoms with Gasteiger partial charge in [-0.2, -0.15) is 0 Å². The van der Waals surface area contributed by atoms with Crippen molar-refractivity contribution in [1.82, 2.24) is 10.3 Å². The average molecular weight is 335 g/mol. The number of carbonyl (C=O) groups is 1. The Morgan fingerprint density at radius 2 is 1.80 bits per heavy atom. The molecule has 128 valence electrons. The van der Waals surface area contributed by atoms with Crippen LogP contribution in [-0.2, 0) is 0 Å². The van der Waals surface area contributed by atoms with Gasteiger partial charge in [0.2, 0.25) is 0 Å². The molecule has 3 aromatic rings. The minimum atomic E-state index is -0.332. The van der Waals surface area contributed by atoms with Crippen molar-refractivity contribution in [3.05, 3.63) is 65.4 Å². The number of rotatable bonds is 4. The minimum absolute atomic E-state index is 0.0924. The largest absolute Gasteiger partial charge is 0.473 e. The summed E-state index contributed by atoms with van der Waals surface area (Å²) in [5.74, 6) is 0.812. The highest BCUT2D eigenvalue weighted by atomic mass is 16.5. The van der Waals surface area contributed by atoms with Gasteiger partial charge >= 0.3 is 6.03 Å². The fourth-order valence-electron chi connectivity index (χ4n) is 2.69. The van der Waals surface area contributed by atoms with Gasteiger partial charge in [-0.15, -0.1) is 0 Å². The highest BCUT2D eigenvalue weighted by Gasteiger charge is 2.08. The number of ether oxygens (including phenoxy) is 1. The molecule has 3 rings (SSSR count). The Morgan fingerprint density at radius 3 is 2.64 bits per heavy atom. The summed E-state index contributed by atoms with van der Waals surface area (Å²) in [7, 11) is 0. The van der Waals surface area contributed by atoms with E-state index in [0.717, 1.165) is 33.3 Å². The number of amides is 2. The smallest absolute Gasteiger partial charge is 0.321 e. The standard InChI is InChI=1S/C20H21N3O2/c1-13-9-10-14(2)19(15(13)3)25-12-22-20(24)23-17-8-4-6-16-7-5-11-21-18(16)17/h4-11H,12H2,1-3H3,(H2,22,23,24). The summed E-state index contributed by atoms with van der Waals surface area (Å²) in [6.07, 6.45) is 1.71. The van der Waals surface area contributed by atoms with Gasteiger partial charge in [0.05, 0.1) is 11.2 Å². The molecule has 0 atom stereocenters. The van der Waals surface area contributed by atoms with Gasteiger partial charge in [-0.25, -0.2) is 4.79 Å². The lowest BCUT2D eigenvalue weighted by Gasteiger charge is -2.15. The van der Waals surface area contributed by atoms with E-state index < -0.39 is 0 Å². The van der Waals surface area contributed by atoms with Gasteiger partial charge in [0, 0.05) is 11.6 Å². The summed E-state index contributed by atoms with van der Waals surface area (Å²) >= 11 is 0. The highest BCUT2D eigenvalue weighted by Crippen LogP contribution is 2.25. The Balaban J connectivity index is 1.63. The lowest BCUT2D eigenvalue weighted by Crippen LogP contribution is -2.32. The second-order valence-corrected chi connectivity index (χ2v) is 5.95. The third-order valence-electron chi connectivity index (χ3n) is 4.20. The molecule has 1 aromatic heterocycles. The molecule has 2 N–H and O–H groups in total. The Bertz CT molecular complexity index is 917. The molecule has 0 bridgehead atoms. The first kappa shape index (κ1) is 16.8. The number of aromatic nitrogens is 1. The van der Waals surface area contributed by atoms with Crippen LogP contribution in [0.4, 0.5) is 10.5 Å². The zero-order valence-electron chi connectivity index (χ0n) is 14.6. The monoisotopic (exact) mass is 335 g/mol. The predicted molar refractivity (Wildman–Crippen MR) is 100 cm³/mol. The van der Waals surface area contributed by atoms with Gasteiger partial charge < -0.3 is 15.4 Å². The van der Waals surface area contributed by atoms with Crippen LogP contribution in [0.5, 0.6) is 5.75 Å². The molecule has 5 heteroatoms. The number of nitrogens with zero attached hydrogens (tertiary/aromatic N) is 1. The number of aryl methyl sites for hydroxylation is 2. The zero-order valence-corrected chi connectivity index (χ0v) is 14.6. The third kappa shape index (κ3) is 3.71. The lowest BCUT2D eigenvalue weighted by molar-refractivity contribution is 0.234. The topological polar surface area (TPSA) is 63.2 Å². The maximum Gasteiger partial charge on any atom is 0.321 e. The number of urea groups is 1. The van der Waals surface area contributed by atoms with E-state index in [1.807, 2.05) is 57.2 Å². The number of pyridine rings is 1. The minimum Gasteiger partial charge on any atom is -0.473 e. The van der Waals surface area contributed by atoms with Crippen LogP contribution in [0.3, 0.4) is 0 Å². The molecule has 0 radical (unpaired) electrons. The first-order valence-electron chi connectivity index (χ1n) is 8.14. The van der Waals surface area contributed by atoms with Crippen LogP contribution < -0.4 is 15.4 Å². The van der Waals surface area contributed by atoms with Crippen molar-refractivity contribution in [1.29, 1.82) is 0 Å². The Hall–Kier alpha value is -3.08. The van der Waals surface area contributed by atoms with Crippen LogP contribution in [0.2, 0.25) is 0 Å². The van der Waals surface area contributed by atoms with Crippen molar-refractivity contribution in [2.24, 2.45) is 0 Å². The molecule has 0 aliphatic rings. The molecule has 5 nitrogen and oxygen atoms in total. The van der Waals surface area contributed by atoms with Gasteiger partial charge in [0.25, 0.3) is 0 Å². The van der Waals surface area contributed by atoms with E-state index in [-0.39, 0.29) is 12.8 Å². The van der Waals surface area contributed by atoms with Crippen LogP contribution in [0.1, 0.15) is 16.7 Å². The molecule has 0 unspecified atom stereocenters. The van der Waals surface area contributed by atoms with E-state index >= 15 is 0 Å². The van der Waals surface area contributed by atoms with E-state index in [9.17, 15) is 4.79 Å². The number of fused-ring (bicyclic) bond motifs is 1. The van der Waals surface area contributed by atoms with Crippen molar-refractivity contribution < 1.29 is 9.53 Å². The molecular formula is C20H21N3O2. The summed E-state index contributed by atoms with van der Waals surface area (Å²) in [6.45, 7) is 6.13. The second kappa shape index (κ2) is 7.21. The van der Waals surface area contributed by atoms with Crippen LogP contribution in [0, 0.1) is 20.8 Å². The van der Waals surface area contributed by atoms with Crippen molar-refractivity contribution in [2.45, 2.75) is 20.8 Å². The maximum atomic E-state index is 12.2. The fourth-order valence-corrected chi connectivity index (χ4v) is 2.69. The molecule has 0 spiro atoms. The molecule has 0 aliphatic heterocycles. The molecule has 2 amide bonds. The van der Waals surface area contributed by atoms with Crippen molar-refractivity contribution in [2.75, 3.05) is 12.0 Å². The number of para-hydroxylation sites is 1. The van der Waals surface area contributed by atoms with E-state index in [1.165, 1.54) is 0 Å². The number of hydrogen-bond donors (Lipinski definition) is 2. The molecule has 0 saturated heterocycles. The maximum absolute atomic E-state index is 12.2. The Labute approximate surface area is 147 Å². The van der Waals surface area contributed by atoms with Gasteiger partial charge in [-0.05, 0) is 49.6 Å². The van der Waals surface area contributed by atoms with E-state index in [2.05, 4.69) is 21.7 Å². The number of anilines is 1. The van der Waals surface area contributed by atoms with Crippen molar-refractivity contribution in [3.8, 4) is 5.75 Å². The number of carbonyl (C=O) groups excluding carboxylic acids is 1. The number of hydrogen-bond acceptors (Lipinski definition) is 3. The third-order valence-corrected chi connectivity index (χ3v) is 4.20. The zero-order chi connectivity index (χ0) is 17.8. The summed E-state index contributed by atoms with van der Waals surface area (Å²) < 4.78 is 5.76. The summed E-state index contributed by atoms with van der Waals surface area (Å²) in [4.78, 5) is 16.5. The first-order valence-corrected chi connectivity index (χ1v) is 8.14. The van der Waals surface area contributed by atoms with Gasteiger partial charge in [0.1, 0.15) is 5.75 Å². The van der Waals surface area contributed by atoms with Crippen LogP contribution in [0.25, 0.3) is 10.9 Å². The van der Waals surface area contributed by atoms with E-state index in [0.29, 0.717) is 5.69 Å². The van der Waals surface area contributed by atoms with Crippen LogP contribution >= 0.6 is 0 Å². The average Bonchev–Trinajstić information content (AvgIpc) is 2.61. The summed E-state index contributed by atoms with van der Waals surface area (Å²) in [5.41, 5.74) is 4.71. The van der Waals surface area contributed by atoms with Crippen molar-refractivity contribution >= 4 is 22.6 Å². The van der Waals surface area contributed by atoms with Crippen LogP contribution in [-0.4, -0.2) is 17.7 Å². The highest BCUT2D eigenvalue weighted by molar-refractivity contribution is 5.99. The number of nitrogens with one attached hydrogen (secondary N) is 2. The van der Waals surface area contributed by atoms with Crippen LogP contribution in [0.15, 0.2) is 48.7 Å². The van der Waals surface area contributed by atoms with E-state index in [4.69, 9.17) is 4.74 Å². The second-order valence-electron chi connectivity index (χ2n) is 5.95. The SMILES string of the molecule is Cc1ccc(C)c(OCNC(=O)Nc2cccc3cccnc23)c1C. The molecule has 0 fully saturated rings. The fraction of sp³-hybridized carbons (Fsp3) is 0.200. The number of benzene rings is 2. The van der Waals surface area contributed by atoms with E-state index in [1.54, 1.807) is 6.20 Å². The molecule has 0 saturated carbocycles. The van der Waals surface area contributed by atoms with Crippen molar-refractivity contribution in [3.63, 3.8) is 0 Å².